The third kappa shape index (κ3) is 6.03. The van der Waals surface area contributed by atoms with Crippen LogP contribution in [0.2, 0.25) is 0 Å². The normalized spacial score (nSPS) is 13.3. The van der Waals surface area contributed by atoms with Gasteiger partial charge in [-0.25, -0.2) is 0 Å². The molecule has 0 saturated carbocycles. The van der Waals surface area contributed by atoms with Crippen LogP contribution >= 0.6 is 11.3 Å². The van der Waals surface area contributed by atoms with Crippen LogP contribution in [0.5, 0.6) is 0 Å². The van der Waals surface area contributed by atoms with E-state index in [0.717, 1.165) is 11.2 Å². The van der Waals surface area contributed by atoms with Gasteiger partial charge in [-0.2, -0.15) is 0 Å². The van der Waals surface area contributed by atoms with Crippen LogP contribution in [0.3, 0.4) is 0 Å². The summed E-state index contributed by atoms with van der Waals surface area (Å²) in [5, 5.41) is 0. The van der Waals surface area contributed by atoms with Crippen LogP contribution in [-0.2, 0) is 21.7 Å². The molecule has 0 unspecified atom stereocenters. The molecule has 0 radical (unpaired) electrons. The molecule has 2 heteroatoms. The second kappa shape index (κ2) is 11.0. The first-order valence-corrected chi connectivity index (χ1v) is 16.8. The van der Waals surface area contributed by atoms with Gasteiger partial charge in [-0.05, 0) is 89.4 Å². The van der Waals surface area contributed by atoms with Crippen molar-refractivity contribution in [2.24, 2.45) is 0 Å². The summed E-state index contributed by atoms with van der Waals surface area (Å²) in [6.45, 7) is 27.6. The van der Waals surface area contributed by atoms with Crippen molar-refractivity contribution in [1.82, 2.24) is 0 Å². The predicted molar refractivity (Wildman–Crippen MR) is 192 cm³/mol. The van der Waals surface area contributed by atoms with Crippen molar-refractivity contribution in [2.75, 3.05) is 0 Å². The van der Waals surface area contributed by atoms with Gasteiger partial charge >= 0.3 is 0 Å². The molecule has 0 aliphatic heterocycles. The molecule has 0 spiro atoms. The van der Waals surface area contributed by atoms with Crippen LogP contribution in [0, 0.1) is 0 Å². The Bertz CT molecular complexity index is 1640. The van der Waals surface area contributed by atoms with Gasteiger partial charge in [0.2, 0.25) is 0 Å². The molecule has 0 fully saturated rings. The third-order valence-corrected chi connectivity index (χ3v) is 10.2. The first-order chi connectivity index (χ1) is 20.3. The van der Waals surface area contributed by atoms with Crippen molar-refractivity contribution < 1.29 is 4.79 Å². The molecule has 0 atom stereocenters. The van der Waals surface area contributed by atoms with Crippen molar-refractivity contribution in [2.45, 2.75) is 111 Å². The Morgan fingerprint density at radius 2 is 0.886 bits per heavy atom. The van der Waals surface area contributed by atoms with Gasteiger partial charge in [0.25, 0.3) is 0 Å². The lowest BCUT2D eigenvalue weighted by atomic mass is 9.85. The number of rotatable bonds is 4. The summed E-state index contributed by atoms with van der Waals surface area (Å²) in [6.07, 6.45) is 0.990. The van der Waals surface area contributed by atoms with Gasteiger partial charge in [0.05, 0.1) is 4.88 Å². The molecular weight excluding hydrogens is 553 g/mol. The SMILES string of the molecule is CC(C)(C)c1ccc2c(C(c3ccc(C=O)s3)c3cc(C(C)(C)C)c4ccc(C(C)(C)C)ccc3-4)cc(C(C)(C)C)c-2cc1. The molecular formula is C42H50OS. The quantitative estimate of drug-likeness (QED) is 0.187. The van der Waals surface area contributed by atoms with Crippen LogP contribution in [0.4, 0.5) is 0 Å². The summed E-state index contributed by atoms with van der Waals surface area (Å²) in [5.74, 6) is -0.00752. The largest absolute Gasteiger partial charge is 0.297 e. The standard InChI is InChI=1S/C42H50OS/c1-39(2,3)26-13-18-29-31(20-15-26)35(41(7,8)9)23-33(29)38(37-22-17-28(25-43)44-37)34-24-36(42(10,11)12)32-21-16-27(40(4,5)6)14-19-30(32)34/h13-25,38H,1-12H3. The maximum Gasteiger partial charge on any atom is 0.160 e. The van der Waals surface area contributed by atoms with E-state index in [2.05, 4.69) is 150 Å². The Labute approximate surface area is 270 Å². The van der Waals surface area contributed by atoms with E-state index in [-0.39, 0.29) is 27.6 Å². The second-order valence-electron chi connectivity index (χ2n) is 16.7. The number of hydrogen-bond donors (Lipinski definition) is 0. The van der Waals surface area contributed by atoms with Crippen LogP contribution in [0.1, 0.15) is 137 Å². The fourth-order valence-electron chi connectivity index (χ4n) is 6.54. The molecule has 44 heavy (non-hydrogen) atoms. The lowest BCUT2D eigenvalue weighted by Gasteiger charge is -2.19. The highest BCUT2D eigenvalue weighted by molar-refractivity contribution is 7.13. The summed E-state index contributed by atoms with van der Waals surface area (Å²) in [6, 6.07) is 27.8. The molecule has 0 bridgehead atoms. The third-order valence-electron chi connectivity index (χ3n) is 9.12. The zero-order valence-electron chi connectivity index (χ0n) is 28.9. The molecule has 0 amide bonds. The fourth-order valence-corrected chi connectivity index (χ4v) is 7.50. The molecule has 4 aliphatic carbocycles. The van der Waals surface area contributed by atoms with Gasteiger partial charge in [-0.3, -0.25) is 4.79 Å². The Morgan fingerprint density at radius 3 is 1.20 bits per heavy atom. The van der Waals surface area contributed by atoms with Crippen LogP contribution in [0.15, 0.2) is 72.8 Å². The predicted octanol–water partition coefficient (Wildman–Crippen LogP) is 12.1. The van der Waals surface area contributed by atoms with Crippen molar-refractivity contribution in [3.8, 4) is 22.3 Å². The molecule has 1 aromatic heterocycles. The minimum Gasteiger partial charge on any atom is -0.297 e. The average molecular weight is 603 g/mol. The van der Waals surface area contributed by atoms with Gasteiger partial charge in [-0.15, -0.1) is 11.3 Å². The van der Waals surface area contributed by atoms with E-state index in [1.165, 1.54) is 60.5 Å². The van der Waals surface area contributed by atoms with E-state index in [9.17, 15) is 4.79 Å². The van der Waals surface area contributed by atoms with E-state index in [1.807, 2.05) is 6.07 Å². The number of carbonyl (C=O) groups excluding carboxylic acids is 1. The lowest BCUT2D eigenvalue weighted by molar-refractivity contribution is 0.112. The highest BCUT2D eigenvalue weighted by atomic mass is 32.1. The molecule has 0 aromatic carbocycles. The van der Waals surface area contributed by atoms with Gasteiger partial charge in [-0.1, -0.05) is 144 Å². The topological polar surface area (TPSA) is 17.1 Å². The highest BCUT2D eigenvalue weighted by Gasteiger charge is 2.34. The van der Waals surface area contributed by atoms with E-state index >= 15 is 0 Å². The summed E-state index contributed by atoms with van der Waals surface area (Å²) in [5.41, 5.74) is 13.3. The zero-order chi connectivity index (χ0) is 32.4. The van der Waals surface area contributed by atoms with Crippen LogP contribution < -0.4 is 0 Å². The van der Waals surface area contributed by atoms with Gasteiger partial charge in [0.1, 0.15) is 0 Å². The Balaban J connectivity index is 1.90. The molecule has 230 valence electrons. The highest BCUT2D eigenvalue weighted by Crippen LogP contribution is 2.51. The number of thiophene rings is 1. The minimum absolute atomic E-state index is 0.00752. The molecule has 1 heterocycles. The molecule has 5 rings (SSSR count). The van der Waals surface area contributed by atoms with Gasteiger partial charge in [0, 0.05) is 10.8 Å². The second-order valence-corrected chi connectivity index (χ2v) is 17.9. The molecule has 0 saturated heterocycles. The average Bonchev–Trinajstić information content (AvgIpc) is 3.50. The van der Waals surface area contributed by atoms with Crippen molar-refractivity contribution in [3.63, 3.8) is 0 Å². The van der Waals surface area contributed by atoms with Crippen molar-refractivity contribution >= 4 is 17.6 Å². The summed E-state index contributed by atoms with van der Waals surface area (Å²) in [7, 11) is 0. The molecule has 1 nitrogen and oxygen atoms in total. The van der Waals surface area contributed by atoms with Crippen LogP contribution in [-0.4, -0.2) is 6.29 Å². The number of aldehydes is 1. The van der Waals surface area contributed by atoms with Crippen LogP contribution in [0.25, 0.3) is 22.3 Å². The van der Waals surface area contributed by atoms with Crippen molar-refractivity contribution in [3.05, 3.63) is 116 Å². The fraction of sp³-hybridized carbons (Fsp3) is 0.405. The summed E-state index contributed by atoms with van der Waals surface area (Å²) < 4.78 is 0. The number of carbonyl (C=O) groups is 1. The number of hydrogen-bond acceptors (Lipinski definition) is 2. The molecule has 4 aliphatic rings. The van der Waals surface area contributed by atoms with E-state index < -0.39 is 0 Å². The summed E-state index contributed by atoms with van der Waals surface area (Å²) in [4.78, 5) is 13.9. The Morgan fingerprint density at radius 1 is 0.500 bits per heavy atom. The summed E-state index contributed by atoms with van der Waals surface area (Å²) >= 11 is 1.62. The number of fused-ring (bicyclic) bond motifs is 2. The molecule has 0 N–H and O–H groups in total. The zero-order valence-corrected chi connectivity index (χ0v) is 29.7. The van der Waals surface area contributed by atoms with E-state index in [4.69, 9.17) is 0 Å². The van der Waals surface area contributed by atoms with Crippen molar-refractivity contribution in [1.29, 1.82) is 0 Å². The minimum atomic E-state index is -0.0284. The Kier molecular flexibility index (Phi) is 8.03. The molecule has 1 aromatic rings. The maximum absolute atomic E-state index is 12.0. The first-order valence-electron chi connectivity index (χ1n) is 16.0. The van der Waals surface area contributed by atoms with Gasteiger partial charge < -0.3 is 0 Å². The van der Waals surface area contributed by atoms with E-state index in [0.29, 0.717) is 0 Å². The Hall–Kier alpha value is -3.23. The van der Waals surface area contributed by atoms with Gasteiger partial charge in [0.15, 0.2) is 6.29 Å². The monoisotopic (exact) mass is 602 g/mol. The smallest absolute Gasteiger partial charge is 0.160 e. The van der Waals surface area contributed by atoms with E-state index in [1.54, 1.807) is 11.3 Å². The lowest BCUT2D eigenvalue weighted by Crippen LogP contribution is -2.11. The first kappa shape index (κ1) is 32.2. The maximum atomic E-state index is 12.0.